The number of rotatable bonds is 7. The van der Waals surface area contributed by atoms with E-state index in [-0.39, 0.29) is 32.9 Å². The largest absolute Gasteiger partial charge is 0.507 e. The number of aliphatic hydroxyl groups excluding tert-OH is 1. The van der Waals surface area contributed by atoms with Crippen LogP contribution in [0.2, 0.25) is 10.3 Å². The maximum atomic E-state index is 13.1. The minimum absolute atomic E-state index is 0.0247. The molecule has 3 rings (SSSR count). The minimum atomic E-state index is -0.771. The second-order valence-electron chi connectivity index (χ2n) is 7.67. The number of β-amino-alcohol motifs (C(OH)–C–C–N with tert-alkyl or cyclic N) is 1. The van der Waals surface area contributed by atoms with Gasteiger partial charge in [-0.15, -0.1) is 0 Å². The van der Waals surface area contributed by atoms with Crippen molar-refractivity contribution in [3.05, 3.63) is 45.2 Å². The summed E-state index contributed by atoms with van der Waals surface area (Å²) in [6.45, 7) is 1.10. The molecule has 32 heavy (non-hydrogen) atoms. The van der Waals surface area contributed by atoms with Gasteiger partial charge in [-0.05, 0) is 32.1 Å². The predicted octanol–water partition coefficient (Wildman–Crippen LogP) is 3.35. The van der Waals surface area contributed by atoms with Crippen molar-refractivity contribution in [3.63, 3.8) is 0 Å². The lowest BCUT2D eigenvalue weighted by Gasteiger charge is -2.35. The number of piperidine rings is 1. The van der Waals surface area contributed by atoms with Crippen LogP contribution in [0.1, 0.15) is 45.0 Å². The number of ether oxygens (including phenoxy) is 2. The van der Waals surface area contributed by atoms with Gasteiger partial charge in [-0.25, -0.2) is 4.98 Å². The fourth-order valence-corrected chi connectivity index (χ4v) is 4.44. The Hall–Kier alpha value is -2.39. The fraction of sp³-hybridized carbons (Fsp3) is 0.409. The normalized spacial score (nSPS) is 18.9. The number of phenolic OH excluding ortho intramolecular Hbond substituents is 1. The number of aromatic nitrogens is 1. The van der Waals surface area contributed by atoms with Crippen LogP contribution in [-0.2, 0) is 0 Å². The van der Waals surface area contributed by atoms with Gasteiger partial charge >= 0.3 is 0 Å². The quantitative estimate of drug-likeness (QED) is 0.351. The topological polar surface area (TPSA) is 109 Å². The van der Waals surface area contributed by atoms with E-state index in [9.17, 15) is 19.8 Å². The summed E-state index contributed by atoms with van der Waals surface area (Å²) in [5.74, 6) is -1.65. The molecule has 10 heteroatoms. The molecule has 2 atom stereocenters. The van der Waals surface area contributed by atoms with E-state index in [1.54, 1.807) is 0 Å². The number of nitrogens with zero attached hydrogens (tertiary/aromatic N) is 2. The number of Topliss-reactive ketones (excluding diaryl/α,β-unsaturated/α-hetero) is 2. The van der Waals surface area contributed by atoms with Gasteiger partial charge in [-0.1, -0.05) is 23.2 Å². The van der Waals surface area contributed by atoms with Crippen molar-refractivity contribution in [2.24, 2.45) is 0 Å². The van der Waals surface area contributed by atoms with Crippen LogP contribution in [0.25, 0.3) is 0 Å². The lowest BCUT2D eigenvalue weighted by molar-refractivity contribution is 0.0618. The average Bonchev–Trinajstić information content (AvgIpc) is 2.72. The molecule has 0 bridgehead atoms. The smallest absolute Gasteiger partial charge is 0.178 e. The van der Waals surface area contributed by atoms with Gasteiger partial charge in [0.1, 0.15) is 33.1 Å². The third kappa shape index (κ3) is 4.99. The van der Waals surface area contributed by atoms with Gasteiger partial charge in [0.05, 0.1) is 26.7 Å². The number of ketones is 2. The van der Waals surface area contributed by atoms with Gasteiger partial charge in [-0.2, -0.15) is 0 Å². The molecule has 0 spiro atoms. The Kier molecular flexibility index (Phi) is 7.61. The zero-order chi connectivity index (χ0) is 23.6. The molecule has 1 fully saturated rings. The zero-order valence-corrected chi connectivity index (χ0v) is 19.4. The van der Waals surface area contributed by atoms with E-state index >= 15 is 0 Å². The summed E-state index contributed by atoms with van der Waals surface area (Å²) in [5, 5.41) is 21.8. The van der Waals surface area contributed by atoms with Crippen molar-refractivity contribution in [2.45, 2.75) is 24.9 Å². The van der Waals surface area contributed by atoms with Crippen molar-refractivity contribution in [1.29, 1.82) is 0 Å². The van der Waals surface area contributed by atoms with E-state index in [2.05, 4.69) is 4.98 Å². The number of halogens is 2. The number of hydrogen-bond acceptors (Lipinski definition) is 8. The third-order valence-electron chi connectivity index (χ3n) is 5.55. The molecule has 1 aromatic carbocycles. The van der Waals surface area contributed by atoms with Crippen LogP contribution in [0.15, 0.2) is 18.2 Å². The molecule has 1 aliphatic rings. The molecule has 0 aliphatic carbocycles. The molecule has 172 valence electrons. The highest BCUT2D eigenvalue weighted by molar-refractivity contribution is 6.33. The van der Waals surface area contributed by atoms with Crippen molar-refractivity contribution in [3.8, 4) is 17.2 Å². The number of carbonyl (C=O) groups excluding carboxylic acids is 2. The number of phenols is 1. The Morgan fingerprint density at radius 2 is 1.75 bits per heavy atom. The molecule has 2 heterocycles. The second-order valence-corrected chi connectivity index (χ2v) is 8.44. The minimum Gasteiger partial charge on any atom is -0.507 e. The lowest BCUT2D eigenvalue weighted by Crippen LogP contribution is -2.40. The molecule has 0 unspecified atom stereocenters. The maximum Gasteiger partial charge on any atom is 0.178 e. The summed E-state index contributed by atoms with van der Waals surface area (Å²) in [6.07, 6.45) is -0.774. The number of likely N-dealkylation sites (N-methyl/N-ethyl adjacent to an activating group) is 1. The van der Waals surface area contributed by atoms with Crippen LogP contribution in [0.4, 0.5) is 0 Å². The van der Waals surface area contributed by atoms with E-state index < -0.39 is 30.0 Å². The van der Waals surface area contributed by atoms with Crippen LogP contribution in [0, 0.1) is 0 Å². The molecule has 0 saturated carbocycles. The monoisotopic (exact) mass is 482 g/mol. The Balaban J connectivity index is 2.01. The van der Waals surface area contributed by atoms with E-state index in [1.807, 2.05) is 11.9 Å². The fourth-order valence-electron chi connectivity index (χ4n) is 3.98. The van der Waals surface area contributed by atoms with Crippen LogP contribution in [0.3, 0.4) is 0 Å². The van der Waals surface area contributed by atoms with Crippen molar-refractivity contribution < 1.29 is 29.3 Å². The summed E-state index contributed by atoms with van der Waals surface area (Å²) in [5.41, 5.74) is 0.301. The molecule has 0 radical (unpaired) electrons. The number of pyridine rings is 1. The molecule has 1 aromatic heterocycles. The summed E-state index contributed by atoms with van der Waals surface area (Å²) in [4.78, 5) is 31.6. The van der Waals surface area contributed by atoms with E-state index in [0.717, 1.165) is 0 Å². The summed E-state index contributed by atoms with van der Waals surface area (Å²) < 4.78 is 10.7. The van der Waals surface area contributed by atoms with Crippen molar-refractivity contribution >= 4 is 34.8 Å². The standard InChI is InChI=1S/C22H24Cl2N2O6/c1-26-5-4-12(15(29)10-26)20-16(31-2)9-17(32-3)21(22(20)30)14(28)8-13(27)11-6-18(23)25-19(24)7-11/h6-7,9,12,15,29-30H,4-5,8,10H2,1-3H3/t12-,15+/m0/s1. The highest BCUT2D eigenvalue weighted by atomic mass is 35.5. The Morgan fingerprint density at radius 3 is 2.31 bits per heavy atom. The van der Waals surface area contributed by atoms with Gasteiger partial charge in [0.2, 0.25) is 0 Å². The number of methoxy groups -OCH3 is 2. The van der Waals surface area contributed by atoms with E-state index in [1.165, 1.54) is 32.4 Å². The number of likely N-dealkylation sites (tertiary alicyclic amines) is 1. The Bertz CT molecular complexity index is 1030. The van der Waals surface area contributed by atoms with Gasteiger partial charge in [-0.3, -0.25) is 9.59 Å². The Labute approximate surface area is 195 Å². The summed E-state index contributed by atoms with van der Waals surface area (Å²) in [6, 6.07) is 4.11. The number of carbonyl (C=O) groups is 2. The molecule has 8 nitrogen and oxygen atoms in total. The van der Waals surface area contributed by atoms with Gasteiger partial charge in [0, 0.05) is 29.7 Å². The first-order valence-corrected chi connectivity index (χ1v) is 10.7. The van der Waals surface area contributed by atoms with Gasteiger partial charge in [0.15, 0.2) is 11.6 Å². The number of hydrogen-bond donors (Lipinski definition) is 2. The first-order chi connectivity index (χ1) is 15.2. The van der Waals surface area contributed by atoms with E-state index in [0.29, 0.717) is 30.8 Å². The van der Waals surface area contributed by atoms with Crippen LogP contribution in [-0.4, -0.2) is 72.1 Å². The van der Waals surface area contributed by atoms with Gasteiger partial charge < -0.3 is 24.6 Å². The lowest BCUT2D eigenvalue weighted by atomic mass is 9.84. The Morgan fingerprint density at radius 1 is 1.12 bits per heavy atom. The molecule has 2 aromatic rings. The SMILES string of the molecule is COc1cc(OC)c([C@H]2CCN(C)C[C@H]2O)c(O)c1C(=O)CC(=O)c1cc(Cl)nc(Cl)c1. The number of benzene rings is 1. The predicted molar refractivity (Wildman–Crippen MR) is 120 cm³/mol. The number of aliphatic hydroxyl groups is 1. The van der Waals surface area contributed by atoms with Crippen molar-refractivity contribution in [1.82, 2.24) is 9.88 Å². The molecule has 1 saturated heterocycles. The second kappa shape index (κ2) is 10.0. The average molecular weight is 483 g/mol. The van der Waals surface area contributed by atoms with Crippen LogP contribution >= 0.6 is 23.2 Å². The first-order valence-electron chi connectivity index (χ1n) is 9.90. The highest BCUT2D eigenvalue weighted by Crippen LogP contribution is 2.46. The van der Waals surface area contributed by atoms with Crippen LogP contribution < -0.4 is 9.47 Å². The van der Waals surface area contributed by atoms with Gasteiger partial charge in [0.25, 0.3) is 0 Å². The first kappa shape index (κ1) is 24.3. The maximum absolute atomic E-state index is 13.1. The van der Waals surface area contributed by atoms with Crippen LogP contribution in [0.5, 0.6) is 17.2 Å². The molecule has 2 N–H and O–H groups in total. The van der Waals surface area contributed by atoms with E-state index in [4.69, 9.17) is 32.7 Å². The molecule has 0 amide bonds. The highest BCUT2D eigenvalue weighted by Gasteiger charge is 2.35. The zero-order valence-electron chi connectivity index (χ0n) is 17.9. The van der Waals surface area contributed by atoms with Crippen molar-refractivity contribution in [2.75, 3.05) is 34.4 Å². The molecular weight excluding hydrogens is 459 g/mol. The summed E-state index contributed by atoms with van der Waals surface area (Å²) >= 11 is 11.7. The number of aromatic hydroxyl groups is 1. The molecule has 1 aliphatic heterocycles. The summed E-state index contributed by atoms with van der Waals surface area (Å²) in [7, 11) is 4.67. The third-order valence-corrected chi connectivity index (χ3v) is 5.93. The molecular formula is C22H24Cl2N2O6.